The first-order chi connectivity index (χ1) is 12.8. The molecule has 0 amide bonds. The van der Waals surface area contributed by atoms with Gasteiger partial charge in [0.1, 0.15) is 5.82 Å². The number of aromatic nitrogens is 5. The predicted molar refractivity (Wildman–Crippen MR) is 95.5 cm³/mol. The van der Waals surface area contributed by atoms with E-state index in [4.69, 9.17) is 9.15 Å². The number of imidazole rings is 1. The van der Waals surface area contributed by atoms with Crippen LogP contribution in [-0.2, 0) is 6.54 Å². The molecule has 4 aromatic rings. The molecule has 0 aliphatic rings. The van der Waals surface area contributed by atoms with Crippen LogP contribution in [0.3, 0.4) is 0 Å². The Morgan fingerprint density at radius 3 is 2.69 bits per heavy atom. The van der Waals surface area contributed by atoms with Gasteiger partial charge in [0.25, 0.3) is 0 Å². The molecule has 7 nitrogen and oxygen atoms in total. The third-order valence-corrected chi connectivity index (χ3v) is 3.84. The summed E-state index contributed by atoms with van der Waals surface area (Å²) in [5.74, 6) is 2.60. The molecule has 0 bridgehead atoms. The Bertz CT molecular complexity index is 977. The van der Waals surface area contributed by atoms with Crippen LogP contribution in [0.4, 0.5) is 0 Å². The first-order valence-electron chi connectivity index (χ1n) is 8.29. The molecular formula is C19H17N5O2. The molecule has 0 unspecified atom stereocenters. The van der Waals surface area contributed by atoms with Gasteiger partial charge in [-0.05, 0) is 25.1 Å². The van der Waals surface area contributed by atoms with Crippen molar-refractivity contribution >= 4 is 0 Å². The molecule has 0 N–H and O–H groups in total. The Hall–Kier alpha value is -3.48. The van der Waals surface area contributed by atoms with Gasteiger partial charge in [-0.3, -0.25) is 0 Å². The molecular weight excluding hydrogens is 330 g/mol. The monoisotopic (exact) mass is 347 g/mol. The summed E-state index contributed by atoms with van der Waals surface area (Å²) in [6, 6.07) is 7.53. The summed E-state index contributed by atoms with van der Waals surface area (Å²) in [7, 11) is 0. The van der Waals surface area contributed by atoms with Gasteiger partial charge in [0.15, 0.2) is 11.6 Å². The van der Waals surface area contributed by atoms with Gasteiger partial charge in [0.05, 0.1) is 25.0 Å². The summed E-state index contributed by atoms with van der Waals surface area (Å²) in [4.78, 5) is 17.5. The first-order valence-corrected chi connectivity index (χ1v) is 8.29. The number of hydrogen-bond acceptors (Lipinski definition) is 6. The van der Waals surface area contributed by atoms with E-state index in [1.807, 2.05) is 42.0 Å². The van der Waals surface area contributed by atoms with Crippen LogP contribution in [-0.4, -0.2) is 31.1 Å². The van der Waals surface area contributed by atoms with Crippen LogP contribution >= 0.6 is 0 Å². The molecule has 0 atom stereocenters. The van der Waals surface area contributed by atoms with E-state index in [0.717, 1.165) is 17.0 Å². The highest BCUT2D eigenvalue weighted by atomic mass is 16.5. The minimum absolute atomic E-state index is 0.544. The molecule has 7 heteroatoms. The van der Waals surface area contributed by atoms with Gasteiger partial charge >= 0.3 is 0 Å². The van der Waals surface area contributed by atoms with Gasteiger partial charge in [0.2, 0.25) is 5.88 Å². The van der Waals surface area contributed by atoms with Crippen molar-refractivity contribution < 1.29 is 9.15 Å². The van der Waals surface area contributed by atoms with E-state index in [-0.39, 0.29) is 0 Å². The summed E-state index contributed by atoms with van der Waals surface area (Å²) in [6.07, 6.45) is 10.5. The minimum Gasteiger partial charge on any atom is -0.478 e. The lowest BCUT2D eigenvalue weighted by Crippen LogP contribution is -2.05. The molecule has 0 radical (unpaired) electrons. The van der Waals surface area contributed by atoms with Crippen LogP contribution in [0.25, 0.3) is 23.0 Å². The number of furan rings is 1. The number of hydrogen-bond donors (Lipinski definition) is 0. The first kappa shape index (κ1) is 16.0. The van der Waals surface area contributed by atoms with Crippen molar-refractivity contribution in [2.24, 2.45) is 0 Å². The van der Waals surface area contributed by atoms with Gasteiger partial charge in [-0.25, -0.2) is 19.9 Å². The van der Waals surface area contributed by atoms with E-state index in [1.54, 1.807) is 31.1 Å². The maximum atomic E-state index is 5.61. The van der Waals surface area contributed by atoms with Crippen LogP contribution in [0.15, 0.2) is 65.9 Å². The van der Waals surface area contributed by atoms with Crippen molar-refractivity contribution in [2.75, 3.05) is 6.61 Å². The fraction of sp³-hybridized carbons (Fsp3) is 0.158. The van der Waals surface area contributed by atoms with Gasteiger partial charge < -0.3 is 13.7 Å². The summed E-state index contributed by atoms with van der Waals surface area (Å²) in [5.41, 5.74) is 1.81. The van der Waals surface area contributed by atoms with Crippen LogP contribution in [0.2, 0.25) is 0 Å². The third-order valence-electron chi connectivity index (χ3n) is 3.84. The van der Waals surface area contributed by atoms with Crippen molar-refractivity contribution in [3.05, 3.63) is 67.1 Å². The third kappa shape index (κ3) is 3.19. The molecule has 0 aliphatic carbocycles. The fourth-order valence-electron chi connectivity index (χ4n) is 2.67. The number of ether oxygens (including phenoxy) is 1. The zero-order chi connectivity index (χ0) is 17.8. The summed E-state index contributed by atoms with van der Waals surface area (Å²) in [5, 5.41) is 0. The summed E-state index contributed by atoms with van der Waals surface area (Å²) in [6.45, 7) is 3.11. The van der Waals surface area contributed by atoms with E-state index >= 15 is 0 Å². The van der Waals surface area contributed by atoms with Crippen LogP contribution < -0.4 is 4.74 Å². The Labute approximate surface area is 150 Å². The van der Waals surface area contributed by atoms with Gasteiger partial charge in [-0.1, -0.05) is 6.07 Å². The topological polar surface area (TPSA) is 78.9 Å². The molecule has 0 saturated heterocycles. The standard InChI is InChI=1S/C19H17N5O2/c1-2-25-19-14(5-3-7-21-19)13-24-9-8-20-18(24)15-11-22-17(23-12-15)16-6-4-10-26-16/h3-12H,2,13H2,1H3. The lowest BCUT2D eigenvalue weighted by Gasteiger charge is -2.11. The van der Waals surface area contributed by atoms with E-state index in [1.165, 1.54) is 0 Å². The molecule has 0 aromatic carbocycles. The zero-order valence-electron chi connectivity index (χ0n) is 14.2. The maximum Gasteiger partial charge on any atom is 0.218 e. The maximum absolute atomic E-state index is 5.61. The normalized spacial score (nSPS) is 10.8. The van der Waals surface area contributed by atoms with Gasteiger partial charge in [0, 0.05) is 36.5 Å². The Kier molecular flexibility index (Phi) is 4.42. The Balaban J connectivity index is 1.61. The quantitative estimate of drug-likeness (QED) is 0.531. The summed E-state index contributed by atoms with van der Waals surface area (Å²) >= 11 is 0. The molecule has 4 rings (SSSR count). The largest absolute Gasteiger partial charge is 0.478 e. The second kappa shape index (κ2) is 7.18. The Morgan fingerprint density at radius 2 is 1.92 bits per heavy atom. The van der Waals surface area contributed by atoms with E-state index in [2.05, 4.69) is 19.9 Å². The highest BCUT2D eigenvalue weighted by Gasteiger charge is 2.12. The van der Waals surface area contributed by atoms with E-state index in [9.17, 15) is 0 Å². The van der Waals surface area contributed by atoms with E-state index < -0.39 is 0 Å². The molecule has 0 aliphatic heterocycles. The molecule has 26 heavy (non-hydrogen) atoms. The van der Waals surface area contributed by atoms with Crippen molar-refractivity contribution in [3.8, 4) is 28.9 Å². The van der Waals surface area contributed by atoms with Crippen molar-refractivity contribution in [2.45, 2.75) is 13.5 Å². The predicted octanol–water partition coefficient (Wildman–Crippen LogP) is 3.44. The van der Waals surface area contributed by atoms with Crippen molar-refractivity contribution in [3.63, 3.8) is 0 Å². The van der Waals surface area contributed by atoms with Crippen LogP contribution in [0.5, 0.6) is 5.88 Å². The van der Waals surface area contributed by atoms with Crippen molar-refractivity contribution in [1.29, 1.82) is 0 Å². The smallest absolute Gasteiger partial charge is 0.218 e. The lowest BCUT2D eigenvalue weighted by molar-refractivity contribution is 0.322. The average Bonchev–Trinajstić information content (AvgIpc) is 3.36. The lowest BCUT2D eigenvalue weighted by atomic mass is 10.2. The molecule has 0 fully saturated rings. The fourth-order valence-corrected chi connectivity index (χ4v) is 2.67. The molecule has 130 valence electrons. The average molecular weight is 347 g/mol. The highest BCUT2D eigenvalue weighted by molar-refractivity contribution is 5.56. The summed E-state index contributed by atoms with van der Waals surface area (Å²) < 4.78 is 12.9. The van der Waals surface area contributed by atoms with Gasteiger partial charge in [-0.2, -0.15) is 0 Å². The number of pyridine rings is 1. The Morgan fingerprint density at radius 1 is 1.04 bits per heavy atom. The number of rotatable bonds is 6. The number of nitrogens with zero attached hydrogens (tertiary/aromatic N) is 5. The zero-order valence-corrected chi connectivity index (χ0v) is 14.2. The second-order valence-corrected chi connectivity index (χ2v) is 5.55. The highest BCUT2D eigenvalue weighted by Crippen LogP contribution is 2.22. The van der Waals surface area contributed by atoms with Crippen LogP contribution in [0.1, 0.15) is 12.5 Å². The van der Waals surface area contributed by atoms with E-state index in [0.29, 0.717) is 30.6 Å². The van der Waals surface area contributed by atoms with Gasteiger partial charge in [-0.15, -0.1) is 0 Å². The molecule has 0 saturated carbocycles. The second-order valence-electron chi connectivity index (χ2n) is 5.55. The van der Waals surface area contributed by atoms with Crippen molar-refractivity contribution in [1.82, 2.24) is 24.5 Å². The molecule has 4 heterocycles. The SMILES string of the molecule is CCOc1ncccc1Cn1ccnc1-c1cnc(-c2ccco2)nc1. The molecule has 0 spiro atoms. The van der Waals surface area contributed by atoms with Crippen LogP contribution in [0, 0.1) is 0 Å². The minimum atomic E-state index is 0.544. The molecule has 4 aromatic heterocycles.